The Morgan fingerprint density at radius 1 is 1.22 bits per heavy atom. The third kappa shape index (κ3) is 2.75. The molecule has 1 aromatic heterocycles. The van der Waals surface area contributed by atoms with Gasteiger partial charge in [-0.2, -0.15) is 0 Å². The van der Waals surface area contributed by atoms with E-state index >= 15 is 0 Å². The van der Waals surface area contributed by atoms with Gasteiger partial charge in [0.15, 0.2) is 0 Å². The van der Waals surface area contributed by atoms with Gasteiger partial charge in [-0.1, -0.05) is 0 Å². The SMILES string of the molecule is Cc1oc(C)c(C(=O)NC2CCCNCC2)c1C. The fraction of sp³-hybridized carbons (Fsp3) is 0.643. The maximum atomic E-state index is 12.3. The van der Waals surface area contributed by atoms with Crippen LogP contribution < -0.4 is 10.6 Å². The van der Waals surface area contributed by atoms with Crippen molar-refractivity contribution >= 4 is 5.91 Å². The van der Waals surface area contributed by atoms with E-state index in [0.717, 1.165) is 43.7 Å². The Balaban J connectivity index is 2.06. The number of hydrogen-bond donors (Lipinski definition) is 2. The van der Waals surface area contributed by atoms with Gasteiger partial charge in [0.05, 0.1) is 5.56 Å². The number of carbonyl (C=O) groups excluding carboxylic acids is 1. The number of nitrogens with one attached hydrogen (secondary N) is 2. The number of carbonyl (C=O) groups is 1. The minimum absolute atomic E-state index is 0.00810. The molecule has 0 radical (unpaired) electrons. The maximum Gasteiger partial charge on any atom is 0.255 e. The molecule has 0 spiro atoms. The highest BCUT2D eigenvalue weighted by atomic mass is 16.3. The smallest absolute Gasteiger partial charge is 0.255 e. The van der Waals surface area contributed by atoms with Crippen LogP contribution >= 0.6 is 0 Å². The quantitative estimate of drug-likeness (QED) is 0.845. The molecule has 1 atom stereocenters. The van der Waals surface area contributed by atoms with Crippen LogP contribution in [0.4, 0.5) is 0 Å². The lowest BCUT2D eigenvalue weighted by atomic mass is 10.1. The molecule has 0 aromatic carbocycles. The highest BCUT2D eigenvalue weighted by Crippen LogP contribution is 2.21. The zero-order chi connectivity index (χ0) is 13.1. The molecule has 0 bridgehead atoms. The van der Waals surface area contributed by atoms with E-state index < -0.39 is 0 Å². The third-order valence-electron chi connectivity index (χ3n) is 3.70. The number of amides is 1. The van der Waals surface area contributed by atoms with Gasteiger partial charge >= 0.3 is 0 Å². The first-order chi connectivity index (χ1) is 8.59. The van der Waals surface area contributed by atoms with Gasteiger partial charge < -0.3 is 15.1 Å². The Hall–Kier alpha value is -1.29. The summed E-state index contributed by atoms with van der Waals surface area (Å²) < 4.78 is 5.51. The van der Waals surface area contributed by atoms with Crippen LogP contribution in [0, 0.1) is 20.8 Å². The fourth-order valence-electron chi connectivity index (χ4n) is 2.55. The average Bonchev–Trinajstić information content (AvgIpc) is 2.52. The van der Waals surface area contributed by atoms with Crippen LogP contribution in [-0.4, -0.2) is 25.0 Å². The molecule has 2 N–H and O–H groups in total. The molecule has 1 amide bonds. The Bertz CT molecular complexity index is 429. The average molecular weight is 250 g/mol. The zero-order valence-corrected chi connectivity index (χ0v) is 11.4. The molecule has 4 nitrogen and oxygen atoms in total. The summed E-state index contributed by atoms with van der Waals surface area (Å²) >= 11 is 0. The lowest BCUT2D eigenvalue weighted by molar-refractivity contribution is 0.0932. The minimum atomic E-state index is 0.00810. The zero-order valence-electron chi connectivity index (χ0n) is 11.4. The van der Waals surface area contributed by atoms with Crippen molar-refractivity contribution in [2.45, 2.75) is 46.1 Å². The highest BCUT2D eigenvalue weighted by Gasteiger charge is 2.21. The summed E-state index contributed by atoms with van der Waals surface area (Å²) in [6.45, 7) is 7.72. The Morgan fingerprint density at radius 3 is 2.67 bits per heavy atom. The molecular weight excluding hydrogens is 228 g/mol. The van der Waals surface area contributed by atoms with Gasteiger partial charge in [-0.15, -0.1) is 0 Å². The van der Waals surface area contributed by atoms with Crippen molar-refractivity contribution in [3.8, 4) is 0 Å². The van der Waals surface area contributed by atoms with E-state index in [9.17, 15) is 4.79 Å². The molecule has 0 aliphatic carbocycles. The molecule has 1 fully saturated rings. The number of aryl methyl sites for hydroxylation is 2. The Kier molecular flexibility index (Phi) is 4.07. The highest BCUT2D eigenvalue weighted by molar-refractivity contribution is 5.97. The molecule has 18 heavy (non-hydrogen) atoms. The normalized spacial score (nSPS) is 20.5. The van der Waals surface area contributed by atoms with Crippen molar-refractivity contribution in [2.24, 2.45) is 0 Å². The largest absolute Gasteiger partial charge is 0.466 e. The Morgan fingerprint density at radius 2 is 2.00 bits per heavy atom. The molecule has 2 rings (SSSR count). The minimum Gasteiger partial charge on any atom is -0.466 e. The van der Waals surface area contributed by atoms with Crippen LogP contribution in [0.3, 0.4) is 0 Å². The molecule has 4 heteroatoms. The van der Waals surface area contributed by atoms with E-state index in [1.807, 2.05) is 20.8 Å². The molecule has 0 saturated carbocycles. The van der Waals surface area contributed by atoms with Crippen LogP contribution in [0.25, 0.3) is 0 Å². The van der Waals surface area contributed by atoms with Crippen LogP contribution in [0.1, 0.15) is 46.7 Å². The van der Waals surface area contributed by atoms with Gasteiger partial charge in [-0.3, -0.25) is 4.79 Å². The van der Waals surface area contributed by atoms with E-state index in [1.165, 1.54) is 0 Å². The molecule has 1 aromatic rings. The van der Waals surface area contributed by atoms with Gasteiger partial charge in [0, 0.05) is 11.6 Å². The predicted octanol–water partition coefficient (Wildman–Crippen LogP) is 2.08. The third-order valence-corrected chi connectivity index (χ3v) is 3.70. The van der Waals surface area contributed by atoms with Crippen LogP contribution in [0.15, 0.2) is 4.42 Å². The number of furan rings is 1. The standard InChI is InChI=1S/C14H22N2O2/c1-9-10(2)18-11(3)13(9)14(17)16-12-5-4-7-15-8-6-12/h12,15H,4-8H2,1-3H3,(H,16,17). The van der Waals surface area contributed by atoms with Gasteiger partial charge in [0.25, 0.3) is 5.91 Å². The first-order valence-electron chi connectivity index (χ1n) is 6.67. The molecule has 100 valence electrons. The molecule has 1 aliphatic rings. The predicted molar refractivity (Wildman–Crippen MR) is 70.9 cm³/mol. The summed E-state index contributed by atoms with van der Waals surface area (Å²) in [7, 11) is 0. The van der Waals surface area contributed by atoms with Crippen molar-refractivity contribution in [2.75, 3.05) is 13.1 Å². The number of rotatable bonds is 2. The molecular formula is C14H22N2O2. The van der Waals surface area contributed by atoms with Crippen LogP contribution in [0.5, 0.6) is 0 Å². The fourth-order valence-corrected chi connectivity index (χ4v) is 2.55. The van der Waals surface area contributed by atoms with E-state index in [0.29, 0.717) is 11.3 Å². The van der Waals surface area contributed by atoms with Gasteiger partial charge in [0.2, 0.25) is 0 Å². The van der Waals surface area contributed by atoms with Crippen LogP contribution in [-0.2, 0) is 0 Å². The van der Waals surface area contributed by atoms with E-state index in [2.05, 4.69) is 10.6 Å². The lowest BCUT2D eigenvalue weighted by Gasteiger charge is -2.15. The van der Waals surface area contributed by atoms with Crippen molar-refractivity contribution in [3.05, 3.63) is 22.6 Å². The molecule has 1 unspecified atom stereocenters. The second kappa shape index (κ2) is 5.57. The Labute approximate surface area is 108 Å². The topological polar surface area (TPSA) is 54.3 Å². The monoisotopic (exact) mass is 250 g/mol. The van der Waals surface area contributed by atoms with Crippen molar-refractivity contribution in [3.63, 3.8) is 0 Å². The second-order valence-corrected chi connectivity index (χ2v) is 5.07. The van der Waals surface area contributed by atoms with Crippen LogP contribution in [0.2, 0.25) is 0 Å². The summed E-state index contributed by atoms with van der Waals surface area (Å²) in [4.78, 5) is 12.3. The maximum absolute atomic E-state index is 12.3. The number of hydrogen-bond acceptors (Lipinski definition) is 3. The summed E-state index contributed by atoms with van der Waals surface area (Å²) in [5.41, 5.74) is 1.67. The van der Waals surface area contributed by atoms with E-state index in [1.54, 1.807) is 0 Å². The molecule has 1 aliphatic heterocycles. The molecule has 2 heterocycles. The van der Waals surface area contributed by atoms with Crippen molar-refractivity contribution < 1.29 is 9.21 Å². The van der Waals surface area contributed by atoms with Crippen molar-refractivity contribution in [1.29, 1.82) is 0 Å². The first kappa shape index (κ1) is 13.1. The first-order valence-corrected chi connectivity index (χ1v) is 6.67. The van der Waals surface area contributed by atoms with Gasteiger partial charge in [-0.05, 0) is 53.1 Å². The van der Waals surface area contributed by atoms with Gasteiger partial charge in [0.1, 0.15) is 11.5 Å². The van der Waals surface area contributed by atoms with E-state index in [-0.39, 0.29) is 11.9 Å². The summed E-state index contributed by atoms with van der Waals surface area (Å²) in [6, 6.07) is 0.279. The molecule has 1 saturated heterocycles. The summed E-state index contributed by atoms with van der Waals surface area (Å²) in [5.74, 6) is 1.56. The second-order valence-electron chi connectivity index (χ2n) is 5.07. The summed E-state index contributed by atoms with van der Waals surface area (Å²) in [5, 5.41) is 6.48. The van der Waals surface area contributed by atoms with Gasteiger partial charge in [-0.25, -0.2) is 0 Å². The van der Waals surface area contributed by atoms with Crippen molar-refractivity contribution in [1.82, 2.24) is 10.6 Å². The summed E-state index contributed by atoms with van der Waals surface area (Å²) in [6.07, 6.45) is 3.17. The lowest BCUT2D eigenvalue weighted by Crippen LogP contribution is -2.35. The van der Waals surface area contributed by atoms with E-state index in [4.69, 9.17) is 4.42 Å².